The van der Waals surface area contributed by atoms with Gasteiger partial charge in [-0.1, -0.05) is 29.8 Å². The van der Waals surface area contributed by atoms with E-state index in [0.29, 0.717) is 22.4 Å². The normalized spacial score (nSPS) is 11.1. The third-order valence-corrected chi connectivity index (χ3v) is 4.20. The second-order valence-corrected chi connectivity index (χ2v) is 7.73. The number of nitrogens with zero attached hydrogens (tertiary/aromatic N) is 2. The first-order valence-electron chi connectivity index (χ1n) is 9.02. The number of ether oxygens (including phenoxy) is 2. The van der Waals surface area contributed by atoms with Crippen molar-refractivity contribution < 1.29 is 14.3 Å². The predicted molar refractivity (Wildman–Crippen MR) is 114 cm³/mol. The summed E-state index contributed by atoms with van der Waals surface area (Å²) in [5.74, 6) is 0.855. The summed E-state index contributed by atoms with van der Waals surface area (Å²) in [5.41, 5.74) is 2.76. The van der Waals surface area contributed by atoms with Crippen LogP contribution in [0.4, 0.5) is 10.6 Å². The Kier molecular flexibility index (Phi) is 6.03. The largest absolute Gasteiger partial charge is 0.472 e. The lowest BCUT2D eigenvalue weighted by Gasteiger charge is -2.21. The van der Waals surface area contributed by atoms with E-state index in [4.69, 9.17) is 16.3 Å². The van der Waals surface area contributed by atoms with Gasteiger partial charge in [-0.05, 0) is 56.2 Å². The van der Waals surface area contributed by atoms with Crippen LogP contribution in [0.1, 0.15) is 20.8 Å². The molecule has 2 heterocycles. The summed E-state index contributed by atoms with van der Waals surface area (Å²) >= 11 is 6.39. The molecule has 1 amide bonds. The molecule has 0 saturated carbocycles. The van der Waals surface area contributed by atoms with Crippen LogP contribution in [0.15, 0.2) is 54.7 Å². The summed E-state index contributed by atoms with van der Waals surface area (Å²) in [5, 5.41) is 3.17. The average molecular weight is 412 g/mol. The van der Waals surface area contributed by atoms with Gasteiger partial charge in [-0.25, -0.2) is 14.8 Å². The van der Waals surface area contributed by atoms with Gasteiger partial charge in [-0.15, -0.1) is 0 Å². The van der Waals surface area contributed by atoms with Crippen LogP contribution < -0.4 is 10.1 Å². The smallest absolute Gasteiger partial charge is 0.412 e. The lowest BCUT2D eigenvalue weighted by molar-refractivity contribution is 0.124. The maximum absolute atomic E-state index is 11.5. The molecule has 0 aliphatic carbocycles. The number of hydrogen-bond acceptors (Lipinski definition) is 5. The van der Waals surface area contributed by atoms with Crippen LogP contribution in [-0.4, -0.2) is 28.8 Å². The Hall–Kier alpha value is -3.12. The molecule has 0 bridgehead atoms. The third kappa shape index (κ3) is 5.45. The fourth-order valence-electron chi connectivity index (χ4n) is 2.68. The number of nitrogens with one attached hydrogen (secondary N) is 1. The van der Waals surface area contributed by atoms with Crippen molar-refractivity contribution in [1.82, 2.24) is 9.97 Å². The number of halogens is 1. The zero-order valence-corrected chi connectivity index (χ0v) is 17.4. The van der Waals surface area contributed by atoms with Gasteiger partial charge in [0.15, 0.2) is 0 Å². The van der Waals surface area contributed by atoms with Gasteiger partial charge in [-0.2, -0.15) is 0 Å². The predicted octanol–water partition coefficient (Wildman–Crippen LogP) is 5.82. The number of anilines is 1. The molecule has 0 atom stereocenters. The zero-order valence-electron chi connectivity index (χ0n) is 16.7. The fraction of sp³-hybridized carbons (Fsp3) is 0.227. The Morgan fingerprint density at radius 2 is 1.83 bits per heavy atom. The summed E-state index contributed by atoms with van der Waals surface area (Å²) in [6.45, 7) is 5.88. The van der Waals surface area contributed by atoms with Crippen molar-refractivity contribution in [2.75, 3.05) is 12.4 Å². The van der Waals surface area contributed by atoms with Crippen molar-refractivity contribution >= 4 is 23.5 Å². The highest BCUT2D eigenvalue weighted by Crippen LogP contribution is 2.33. The molecule has 1 N–H and O–H groups in total. The number of benzene rings is 1. The Bertz CT molecular complexity index is 1030. The van der Waals surface area contributed by atoms with Crippen molar-refractivity contribution in [2.24, 2.45) is 0 Å². The van der Waals surface area contributed by atoms with E-state index in [1.807, 2.05) is 63.2 Å². The molecule has 0 spiro atoms. The van der Waals surface area contributed by atoms with Crippen molar-refractivity contribution in [3.63, 3.8) is 0 Å². The van der Waals surface area contributed by atoms with Crippen LogP contribution in [0.2, 0.25) is 5.02 Å². The standard InChI is InChI=1S/C22H22ClN3O3/c1-22(2,3)29-20-13-15(11-18(25-20)16-7-5-6-8-17(16)23)14-9-10-24-19(12-14)26-21(27)28-4/h5-13H,1-4H3,(H,24,26,27). The molecule has 1 aromatic carbocycles. The first-order valence-corrected chi connectivity index (χ1v) is 9.40. The van der Waals surface area contributed by atoms with Crippen LogP contribution in [0.25, 0.3) is 22.4 Å². The Labute approximate surface area is 174 Å². The maximum Gasteiger partial charge on any atom is 0.412 e. The summed E-state index contributed by atoms with van der Waals surface area (Å²) in [7, 11) is 1.30. The molecule has 0 radical (unpaired) electrons. The summed E-state index contributed by atoms with van der Waals surface area (Å²) < 4.78 is 10.6. The summed E-state index contributed by atoms with van der Waals surface area (Å²) in [6.07, 6.45) is 1.03. The highest BCUT2D eigenvalue weighted by Gasteiger charge is 2.16. The van der Waals surface area contributed by atoms with E-state index in [1.165, 1.54) is 7.11 Å². The molecule has 0 unspecified atom stereocenters. The highest BCUT2D eigenvalue weighted by molar-refractivity contribution is 6.33. The second kappa shape index (κ2) is 8.49. The first-order chi connectivity index (χ1) is 13.7. The molecule has 7 heteroatoms. The van der Waals surface area contributed by atoms with Crippen LogP contribution in [-0.2, 0) is 4.74 Å². The third-order valence-electron chi connectivity index (χ3n) is 3.87. The van der Waals surface area contributed by atoms with Gasteiger partial charge < -0.3 is 9.47 Å². The number of rotatable bonds is 4. The van der Waals surface area contributed by atoms with Gasteiger partial charge in [0, 0.05) is 22.8 Å². The van der Waals surface area contributed by atoms with Gasteiger partial charge >= 0.3 is 6.09 Å². The van der Waals surface area contributed by atoms with Gasteiger partial charge in [0.05, 0.1) is 12.8 Å². The van der Waals surface area contributed by atoms with E-state index in [9.17, 15) is 4.79 Å². The SMILES string of the molecule is COC(=O)Nc1cc(-c2cc(OC(C)(C)C)nc(-c3ccccc3Cl)c2)ccn1. The summed E-state index contributed by atoms with van der Waals surface area (Å²) in [4.78, 5) is 20.3. The molecule has 2 aromatic heterocycles. The number of amides is 1. The highest BCUT2D eigenvalue weighted by atomic mass is 35.5. The minimum absolute atomic E-state index is 0.378. The van der Waals surface area contributed by atoms with E-state index >= 15 is 0 Å². The van der Waals surface area contributed by atoms with Gasteiger partial charge in [0.1, 0.15) is 11.4 Å². The van der Waals surface area contributed by atoms with Crippen molar-refractivity contribution in [3.05, 3.63) is 59.8 Å². The van der Waals surface area contributed by atoms with E-state index in [2.05, 4.69) is 20.0 Å². The van der Waals surface area contributed by atoms with Crippen LogP contribution >= 0.6 is 11.6 Å². The molecule has 150 valence electrons. The Morgan fingerprint density at radius 3 is 2.52 bits per heavy atom. The lowest BCUT2D eigenvalue weighted by atomic mass is 10.0. The average Bonchev–Trinajstić information content (AvgIpc) is 2.67. The van der Waals surface area contributed by atoms with E-state index in [-0.39, 0.29) is 0 Å². The number of carbonyl (C=O) groups is 1. The molecular formula is C22H22ClN3O3. The molecule has 3 rings (SSSR count). The topological polar surface area (TPSA) is 73.3 Å². The summed E-state index contributed by atoms with van der Waals surface area (Å²) in [6, 6.07) is 14.9. The molecule has 0 fully saturated rings. The Balaban J connectivity index is 2.10. The van der Waals surface area contributed by atoms with Gasteiger partial charge in [-0.3, -0.25) is 5.32 Å². The molecule has 0 aliphatic heterocycles. The molecule has 6 nitrogen and oxygen atoms in total. The van der Waals surface area contributed by atoms with Crippen molar-refractivity contribution in [1.29, 1.82) is 0 Å². The number of carbonyl (C=O) groups excluding carboxylic acids is 1. The van der Waals surface area contributed by atoms with Crippen LogP contribution in [0.5, 0.6) is 5.88 Å². The maximum atomic E-state index is 11.5. The molecular weight excluding hydrogens is 390 g/mol. The second-order valence-electron chi connectivity index (χ2n) is 7.32. The van der Waals surface area contributed by atoms with Crippen molar-refractivity contribution in [2.45, 2.75) is 26.4 Å². The molecule has 3 aromatic rings. The lowest BCUT2D eigenvalue weighted by Crippen LogP contribution is -2.23. The van der Waals surface area contributed by atoms with Crippen LogP contribution in [0.3, 0.4) is 0 Å². The number of methoxy groups -OCH3 is 1. The first kappa shape index (κ1) is 20.6. The monoisotopic (exact) mass is 411 g/mol. The minimum atomic E-state index is -0.585. The molecule has 0 aliphatic rings. The number of hydrogen-bond donors (Lipinski definition) is 1. The zero-order chi connectivity index (χ0) is 21.0. The van der Waals surface area contributed by atoms with E-state index in [1.54, 1.807) is 12.3 Å². The van der Waals surface area contributed by atoms with Gasteiger partial charge in [0.25, 0.3) is 0 Å². The molecule has 29 heavy (non-hydrogen) atoms. The minimum Gasteiger partial charge on any atom is -0.472 e. The fourth-order valence-corrected chi connectivity index (χ4v) is 2.91. The quantitative estimate of drug-likeness (QED) is 0.585. The Morgan fingerprint density at radius 1 is 1.07 bits per heavy atom. The van der Waals surface area contributed by atoms with Crippen LogP contribution in [0, 0.1) is 0 Å². The van der Waals surface area contributed by atoms with E-state index in [0.717, 1.165) is 16.7 Å². The number of pyridine rings is 2. The number of aromatic nitrogens is 2. The van der Waals surface area contributed by atoms with Crippen molar-refractivity contribution in [3.8, 4) is 28.3 Å². The van der Waals surface area contributed by atoms with E-state index < -0.39 is 11.7 Å². The molecule has 0 saturated heterocycles. The van der Waals surface area contributed by atoms with Gasteiger partial charge in [0.2, 0.25) is 5.88 Å².